The molecule has 1 aromatic carbocycles. The fourth-order valence-electron chi connectivity index (χ4n) is 4.93. The number of carbonyl (C=O) groups is 1. The number of hydrogen-bond acceptors (Lipinski definition) is 3. The number of H-pyrrole nitrogens is 1. The Hall–Kier alpha value is -2.08. The molecule has 4 rings (SSSR count). The number of carbonyl (C=O) groups excluding carboxylic acids is 1. The van der Waals surface area contributed by atoms with Gasteiger partial charge in [0, 0.05) is 32.1 Å². The molecule has 1 unspecified atom stereocenters. The number of aromatic amines is 1. The van der Waals surface area contributed by atoms with Gasteiger partial charge in [0.1, 0.15) is 0 Å². The number of likely N-dealkylation sites (tertiary alicyclic amines) is 1. The van der Waals surface area contributed by atoms with Crippen molar-refractivity contribution in [2.45, 2.75) is 64.1 Å². The first-order valence-electron chi connectivity index (χ1n) is 10.2. The third-order valence-corrected chi connectivity index (χ3v) is 6.43. The Morgan fingerprint density at radius 2 is 2.19 bits per heavy atom. The van der Waals surface area contributed by atoms with Gasteiger partial charge in [0.15, 0.2) is 0 Å². The van der Waals surface area contributed by atoms with Crippen molar-refractivity contribution in [3.63, 3.8) is 0 Å². The van der Waals surface area contributed by atoms with Gasteiger partial charge in [0.05, 0.1) is 11.0 Å². The van der Waals surface area contributed by atoms with Crippen LogP contribution < -0.4 is 5.69 Å². The van der Waals surface area contributed by atoms with Gasteiger partial charge in [-0.3, -0.25) is 9.36 Å². The van der Waals surface area contributed by atoms with E-state index in [0.717, 1.165) is 62.8 Å². The van der Waals surface area contributed by atoms with Gasteiger partial charge in [0.2, 0.25) is 5.91 Å². The Bertz CT molecular complexity index is 884. The third-order valence-electron chi connectivity index (χ3n) is 6.43. The quantitative estimate of drug-likeness (QED) is 0.879. The lowest BCUT2D eigenvalue weighted by atomic mass is 9.97. The predicted octanol–water partition coefficient (Wildman–Crippen LogP) is 2.37. The minimum Gasteiger partial charge on any atom is -0.340 e. The molecule has 6 nitrogen and oxygen atoms in total. The van der Waals surface area contributed by atoms with Crippen LogP contribution in [0.25, 0.3) is 11.0 Å². The normalized spacial score (nSPS) is 22.6. The summed E-state index contributed by atoms with van der Waals surface area (Å²) < 4.78 is 1.90. The maximum atomic E-state index is 12.3. The number of nitrogens with zero attached hydrogens (tertiary/aromatic N) is 3. The zero-order chi connectivity index (χ0) is 19.0. The van der Waals surface area contributed by atoms with Crippen LogP contribution in [-0.2, 0) is 17.8 Å². The average Bonchev–Trinajstić information content (AvgIpc) is 2.99. The maximum absolute atomic E-state index is 12.3. The van der Waals surface area contributed by atoms with Crippen LogP contribution in [0, 0.1) is 0 Å². The van der Waals surface area contributed by atoms with Gasteiger partial charge >= 0.3 is 5.69 Å². The molecule has 0 bridgehead atoms. The van der Waals surface area contributed by atoms with Crippen molar-refractivity contribution in [2.75, 3.05) is 20.1 Å². The van der Waals surface area contributed by atoms with Gasteiger partial charge in [-0.1, -0.05) is 12.1 Å². The van der Waals surface area contributed by atoms with E-state index in [1.807, 2.05) is 16.7 Å². The zero-order valence-electron chi connectivity index (χ0n) is 16.4. The summed E-state index contributed by atoms with van der Waals surface area (Å²) in [5.41, 5.74) is 3.27. The monoisotopic (exact) mass is 370 g/mol. The summed E-state index contributed by atoms with van der Waals surface area (Å²) in [5.74, 6) is 0.216. The van der Waals surface area contributed by atoms with Gasteiger partial charge in [-0.05, 0) is 63.7 Å². The van der Waals surface area contributed by atoms with Crippen molar-refractivity contribution in [1.82, 2.24) is 19.4 Å². The van der Waals surface area contributed by atoms with E-state index in [4.69, 9.17) is 0 Å². The summed E-state index contributed by atoms with van der Waals surface area (Å²) in [6.07, 6.45) is 6.64. The van der Waals surface area contributed by atoms with Crippen LogP contribution in [0.2, 0.25) is 0 Å². The fraction of sp³-hybridized carbons (Fsp3) is 0.619. The third kappa shape index (κ3) is 3.55. The first kappa shape index (κ1) is 18.3. The lowest BCUT2D eigenvalue weighted by molar-refractivity contribution is -0.132. The summed E-state index contributed by atoms with van der Waals surface area (Å²) in [6.45, 7) is 4.35. The number of hydrogen-bond donors (Lipinski definition) is 1. The number of piperidine rings is 1. The topological polar surface area (TPSA) is 61.3 Å². The first-order chi connectivity index (χ1) is 13.0. The van der Waals surface area contributed by atoms with Gasteiger partial charge in [0.25, 0.3) is 0 Å². The van der Waals surface area contributed by atoms with Crippen LogP contribution in [-0.4, -0.2) is 57.5 Å². The molecule has 0 spiro atoms. The second-order valence-corrected chi connectivity index (χ2v) is 8.20. The highest BCUT2D eigenvalue weighted by molar-refractivity contribution is 5.79. The van der Waals surface area contributed by atoms with Crippen molar-refractivity contribution in [3.8, 4) is 0 Å². The van der Waals surface area contributed by atoms with E-state index < -0.39 is 0 Å². The summed E-state index contributed by atoms with van der Waals surface area (Å²) >= 11 is 0. The number of para-hydroxylation sites is 1. The average molecular weight is 370 g/mol. The van der Waals surface area contributed by atoms with Gasteiger partial charge in [-0.15, -0.1) is 0 Å². The fourth-order valence-corrected chi connectivity index (χ4v) is 4.93. The molecule has 2 aliphatic rings. The molecular formula is C21H30N4O2. The van der Waals surface area contributed by atoms with E-state index in [9.17, 15) is 9.59 Å². The van der Waals surface area contributed by atoms with Crippen molar-refractivity contribution < 1.29 is 4.79 Å². The Morgan fingerprint density at radius 3 is 3.00 bits per heavy atom. The summed E-state index contributed by atoms with van der Waals surface area (Å²) in [6, 6.07) is 6.89. The molecule has 2 atom stereocenters. The summed E-state index contributed by atoms with van der Waals surface area (Å²) in [5, 5.41) is 0. The van der Waals surface area contributed by atoms with Crippen molar-refractivity contribution in [3.05, 3.63) is 34.2 Å². The molecule has 1 N–H and O–H groups in total. The molecule has 0 aliphatic carbocycles. The van der Waals surface area contributed by atoms with Crippen LogP contribution in [0.5, 0.6) is 0 Å². The van der Waals surface area contributed by atoms with Crippen molar-refractivity contribution >= 4 is 16.9 Å². The summed E-state index contributed by atoms with van der Waals surface area (Å²) in [4.78, 5) is 31.6. The van der Waals surface area contributed by atoms with Crippen LogP contribution in [0.4, 0.5) is 0 Å². The second-order valence-electron chi connectivity index (χ2n) is 8.20. The number of rotatable bonds is 5. The van der Waals surface area contributed by atoms with E-state index >= 15 is 0 Å². The molecule has 1 saturated heterocycles. The molecule has 146 valence electrons. The Kier molecular flexibility index (Phi) is 5.08. The number of imidazole rings is 1. The number of benzene rings is 1. The minimum atomic E-state index is -0.00476. The van der Waals surface area contributed by atoms with Crippen LogP contribution in [0.1, 0.15) is 44.6 Å². The van der Waals surface area contributed by atoms with E-state index in [-0.39, 0.29) is 11.6 Å². The standard InChI is InChI=1S/C21H30N4O2/c1-15(26)24-12-4-3-8-17(24)9-6-11-23(2)18-13-16-7-5-10-19-20(16)25(14-18)21(27)22-19/h5,7,10,17-18H,3-4,6,8-9,11-14H2,1-2H3,(H,22,27)/t17?,18-/m1/s1. The molecular weight excluding hydrogens is 340 g/mol. The molecule has 3 heterocycles. The molecule has 2 aliphatic heterocycles. The van der Waals surface area contributed by atoms with Gasteiger partial charge < -0.3 is 14.8 Å². The van der Waals surface area contributed by atoms with Gasteiger partial charge in [-0.25, -0.2) is 4.79 Å². The second kappa shape index (κ2) is 7.50. The zero-order valence-corrected chi connectivity index (χ0v) is 16.4. The largest absolute Gasteiger partial charge is 0.340 e. The Labute approximate surface area is 160 Å². The van der Waals surface area contributed by atoms with E-state index in [1.54, 1.807) is 6.92 Å². The molecule has 1 aromatic heterocycles. The molecule has 0 saturated carbocycles. The Morgan fingerprint density at radius 1 is 1.33 bits per heavy atom. The van der Waals surface area contributed by atoms with E-state index in [2.05, 4.69) is 27.9 Å². The first-order valence-corrected chi connectivity index (χ1v) is 10.2. The van der Waals surface area contributed by atoms with Crippen LogP contribution >= 0.6 is 0 Å². The molecule has 0 radical (unpaired) electrons. The SMILES string of the molecule is CC(=O)N1CCCCC1CCCN(C)[C@@H]1Cc2cccc3[nH]c(=O)n(c23)C1. The highest BCUT2D eigenvalue weighted by Gasteiger charge is 2.27. The van der Waals surface area contributed by atoms with E-state index in [1.165, 1.54) is 12.0 Å². The van der Waals surface area contributed by atoms with Crippen LogP contribution in [0.3, 0.4) is 0 Å². The number of likely N-dealkylation sites (N-methyl/N-ethyl adjacent to an activating group) is 1. The molecule has 27 heavy (non-hydrogen) atoms. The van der Waals surface area contributed by atoms with E-state index in [0.29, 0.717) is 12.1 Å². The summed E-state index contributed by atoms with van der Waals surface area (Å²) in [7, 11) is 2.16. The van der Waals surface area contributed by atoms with Crippen LogP contribution in [0.15, 0.2) is 23.0 Å². The lowest BCUT2D eigenvalue weighted by Gasteiger charge is -2.36. The Balaban J connectivity index is 1.37. The number of nitrogens with one attached hydrogen (secondary N) is 1. The highest BCUT2D eigenvalue weighted by atomic mass is 16.2. The number of amides is 1. The highest BCUT2D eigenvalue weighted by Crippen LogP contribution is 2.25. The molecule has 6 heteroatoms. The molecule has 2 aromatic rings. The molecule has 1 amide bonds. The predicted molar refractivity (Wildman–Crippen MR) is 107 cm³/mol. The molecule has 1 fully saturated rings. The van der Waals surface area contributed by atoms with Crippen molar-refractivity contribution in [2.24, 2.45) is 0 Å². The number of aromatic nitrogens is 2. The maximum Gasteiger partial charge on any atom is 0.326 e. The lowest BCUT2D eigenvalue weighted by Crippen LogP contribution is -2.44. The van der Waals surface area contributed by atoms with Crippen molar-refractivity contribution in [1.29, 1.82) is 0 Å². The van der Waals surface area contributed by atoms with Gasteiger partial charge in [-0.2, -0.15) is 0 Å². The minimum absolute atomic E-state index is 0.00476. The smallest absolute Gasteiger partial charge is 0.326 e.